The molecule has 0 aliphatic carbocycles. The van der Waals surface area contributed by atoms with Crippen molar-refractivity contribution in [3.63, 3.8) is 0 Å². The van der Waals surface area contributed by atoms with Gasteiger partial charge in [-0.05, 0) is 24.3 Å². The van der Waals surface area contributed by atoms with Gasteiger partial charge < -0.3 is 15.8 Å². The molecule has 0 aromatic carbocycles. The number of carbonyl (C=O) groups is 1. The molecule has 1 aliphatic heterocycles. The van der Waals surface area contributed by atoms with Gasteiger partial charge in [-0.1, -0.05) is 19.9 Å². The normalized spacial score (nSPS) is 22.4. The molecule has 20 heavy (non-hydrogen) atoms. The summed E-state index contributed by atoms with van der Waals surface area (Å²) < 4.78 is 5.59. The van der Waals surface area contributed by atoms with Crippen LogP contribution in [-0.2, 0) is 14.9 Å². The van der Waals surface area contributed by atoms with E-state index < -0.39 is 0 Å². The summed E-state index contributed by atoms with van der Waals surface area (Å²) in [5.41, 5.74) is 5.50. The average Bonchev–Trinajstić information content (AvgIpc) is 3.06. The molecule has 2 atom stereocenters. The maximum absolute atomic E-state index is 12.0. The molecule has 4 nitrogen and oxygen atoms in total. The van der Waals surface area contributed by atoms with Crippen LogP contribution in [-0.4, -0.2) is 31.2 Å². The number of halogens is 1. The van der Waals surface area contributed by atoms with Gasteiger partial charge in [0.25, 0.3) is 0 Å². The van der Waals surface area contributed by atoms with Crippen molar-refractivity contribution < 1.29 is 9.53 Å². The molecule has 1 aliphatic rings. The second-order valence-electron chi connectivity index (χ2n) is 5.64. The Morgan fingerprint density at radius 3 is 2.85 bits per heavy atom. The molecule has 3 N–H and O–H groups in total. The number of thiophene rings is 1. The summed E-state index contributed by atoms with van der Waals surface area (Å²) in [6.07, 6.45) is 1.37. The molecule has 1 fully saturated rings. The second kappa shape index (κ2) is 7.41. The van der Waals surface area contributed by atoms with Crippen LogP contribution in [0.25, 0.3) is 0 Å². The zero-order valence-corrected chi connectivity index (χ0v) is 13.6. The molecular weight excluding hydrogens is 296 g/mol. The molecule has 114 valence electrons. The number of hydrogen-bond donors (Lipinski definition) is 2. The smallest absolute Gasteiger partial charge is 0.249 e. The van der Waals surface area contributed by atoms with E-state index in [1.165, 1.54) is 4.88 Å². The lowest BCUT2D eigenvalue weighted by atomic mass is 9.91. The van der Waals surface area contributed by atoms with Crippen molar-refractivity contribution in [3.05, 3.63) is 22.4 Å². The minimum atomic E-state index is -0.326. The molecule has 1 amide bonds. The van der Waals surface area contributed by atoms with Crippen LogP contribution in [0.2, 0.25) is 0 Å². The third-order valence-electron chi connectivity index (χ3n) is 3.56. The van der Waals surface area contributed by atoms with E-state index in [2.05, 4.69) is 30.6 Å². The van der Waals surface area contributed by atoms with E-state index in [0.717, 1.165) is 12.8 Å². The lowest BCUT2D eigenvalue weighted by molar-refractivity contribution is -0.132. The largest absolute Gasteiger partial charge is 0.364 e. The number of carbonyl (C=O) groups excluding carboxylic acids is 1. The van der Waals surface area contributed by atoms with E-state index >= 15 is 0 Å². The van der Waals surface area contributed by atoms with Gasteiger partial charge in [0.2, 0.25) is 5.91 Å². The SMILES string of the molecule is CC(C)(CNC(=O)[C@@H]1CC[C@H](CN)O1)c1cccs1.Cl. The van der Waals surface area contributed by atoms with Crippen LogP contribution in [0.1, 0.15) is 31.6 Å². The summed E-state index contributed by atoms with van der Waals surface area (Å²) >= 11 is 1.72. The monoisotopic (exact) mass is 318 g/mol. The van der Waals surface area contributed by atoms with Crippen LogP contribution in [0.3, 0.4) is 0 Å². The van der Waals surface area contributed by atoms with Crippen molar-refractivity contribution in [1.29, 1.82) is 0 Å². The number of ether oxygens (including phenoxy) is 1. The Balaban J connectivity index is 0.00000200. The number of hydrogen-bond acceptors (Lipinski definition) is 4. The van der Waals surface area contributed by atoms with E-state index in [-0.39, 0.29) is 35.9 Å². The van der Waals surface area contributed by atoms with E-state index in [1.54, 1.807) is 11.3 Å². The first-order valence-corrected chi connectivity index (χ1v) is 7.58. The first kappa shape index (κ1) is 17.4. The molecule has 2 heterocycles. The first-order chi connectivity index (χ1) is 9.03. The molecule has 0 spiro atoms. The first-order valence-electron chi connectivity index (χ1n) is 6.70. The van der Waals surface area contributed by atoms with Crippen molar-refractivity contribution in [3.8, 4) is 0 Å². The molecule has 0 radical (unpaired) electrons. The maximum Gasteiger partial charge on any atom is 0.249 e. The molecule has 1 aromatic rings. The summed E-state index contributed by atoms with van der Waals surface area (Å²) in [4.78, 5) is 13.3. The second-order valence-corrected chi connectivity index (χ2v) is 6.59. The molecule has 0 bridgehead atoms. The van der Waals surface area contributed by atoms with Crippen LogP contribution in [0.5, 0.6) is 0 Å². The van der Waals surface area contributed by atoms with Crippen molar-refractivity contribution in [2.75, 3.05) is 13.1 Å². The quantitative estimate of drug-likeness (QED) is 0.873. The Kier molecular flexibility index (Phi) is 6.45. The standard InChI is InChI=1S/C14H22N2O2S.ClH/c1-14(2,12-4-3-7-19-12)9-16-13(17)11-6-5-10(8-15)18-11;/h3-4,7,10-11H,5-6,8-9,15H2,1-2H3,(H,16,17);1H/t10-,11+;/m1./s1. The average molecular weight is 319 g/mol. The highest BCUT2D eigenvalue weighted by Gasteiger charge is 2.31. The Hall–Kier alpha value is -0.620. The summed E-state index contributed by atoms with van der Waals surface area (Å²) in [5.74, 6) is -0.0134. The van der Waals surface area contributed by atoms with E-state index in [9.17, 15) is 4.79 Å². The minimum Gasteiger partial charge on any atom is -0.364 e. The van der Waals surface area contributed by atoms with Gasteiger partial charge in [-0.3, -0.25) is 4.79 Å². The van der Waals surface area contributed by atoms with Crippen molar-refractivity contribution in [1.82, 2.24) is 5.32 Å². The van der Waals surface area contributed by atoms with Gasteiger partial charge in [0, 0.05) is 23.4 Å². The third-order valence-corrected chi connectivity index (χ3v) is 4.79. The zero-order valence-electron chi connectivity index (χ0n) is 11.9. The fourth-order valence-electron chi connectivity index (χ4n) is 2.24. The molecular formula is C14H23ClN2O2S. The fraction of sp³-hybridized carbons (Fsp3) is 0.643. The molecule has 1 aromatic heterocycles. The number of nitrogens with one attached hydrogen (secondary N) is 1. The summed E-state index contributed by atoms with van der Waals surface area (Å²) in [5, 5.41) is 5.06. The minimum absolute atomic E-state index is 0. The van der Waals surface area contributed by atoms with E-state index in [4.69, 9.17) is 10.5 Å². The lowest BCUT2D eigenvalue weighted by Gasteiger charge is -2.24. The van der Waals surface area contributed by atoms with Crippen molar-refractivity contribution in [2.45, 2.75) is 44.3 Å². The third kappa shape index (κ3) is 4.19. The van der Waals surface area contributed by atoms with Gasteiger partial charge in [0.15, 0.2) is 0 Å². The number of amides is 1. The van der Waals surface area contributed by atoms with Crippen LogP contribution in [0, 0.1) is 0 Å². The van der Waals surface area contributed by atoms with Gasteiger partial charge in [0.1, 0.15) is 6.10 Å². The van der Waals surface area contributed by atoms with E-state index in [1.807, 2.05) is 6.07 Å². The molecule has 2 rings (SSSR count). The van der Waals surface area contributed by atoms with Crippen LogP contribution >= 0.6 is 23.7 Å². The van der Waals surface area contributed by atoms with Gasteiger partial charge in [-0.2, -0.15) is 0 Å². The van der Waals surface area contributed by atoms with Gasteiger partial charge in [-0.15, -0.1) is 23.7 Å². The Morgan fingerprint density at radius 1 is 1.55 bits per heavy atom. The maximum atomic E-state index is 12.0. The van der Waals surface area contributed by atoms with Crippen LogP contribution in [0.15, 0.2) is 17.5 Å². The Labute approximate surface area is 130 Å². The van der Waals surface area contributed by atoms with Crippen LogP contribution in [0.4, 0.5) is 0 Å². The topological polar surface area (TPSA) is 64.4 Å². The molecule has 0 saturated carbocycles. The van der Waals surface area contributed by atoms with Crippen LogP contribution < -0.4 is 11.1 Å². The Morgan fingerprint density at radius 2 is 2.30 bits per heavy atom. The van der Waals surface area contributed by atoms with E-state index in [0.29, 0.717) is 13.1 Å². The Bertz CT molecular complexity index is 423. The fourth-order valence-corrected chi connectivity index (χ4v) is 3.10. The highest BCUT2D eigenvalue weighted by Crippen LogP contribution is 2.27. The summed E-state index contributed by atoms with van der Waals surface area (Å²) in [6, 6.07) is 4.14. The molecule has 0 unspecified atom stereocenters. The number of rotatable bonds is 5. The summed E-state index contributed by atoms with van der Waals surface area (Å²) in [6.45, 7) is 5.39. The van der Waals surface area contributed by atoms with Gasteiger partial charge in [-0.25, -0.2) is 0 Å². The highest BCUT2D eigenvalue weighted by atomic mass is 35.5. The predicted octanol–water partition coefficient (Wildman–Crippen LogP) is 2.07. The van der Waals surface area contributed by atoms with Gasteiger partial charge >= 0.3 is 0 Å². The zero-order chi connectivity index (χ0) is 13.9. The molecule has 1 saturated heterocycles. The van der Waals surface area contributed by atoms with Gasteiger partial charge in [0.05, 0.1) is 6.10 Å². The van der Waals surface area contributed by atoms with Crippen molar-refractivity contribution in [2.24, 2.45) is 5.73 Å². The predicted molar refractivity (Wildman–Crippen MR) is 84.6 cm³/mol. The molecule has 6 heteroatoms. The summed E-state index contributed by atoms with van der Waals surface area (Å²) in [7, 11) is 0. The number of nitrogens with two attached hydrogens (primary N) is 1. The highest BCUT2D eigenvalue weighted by molar-refractivity contribution is 7.10. The lowest BCUT2D eigenvalue weighted by Crippen LogP contribution is -2.41. The van der Waals surface area contributed by atoms with Crippen molar-refractivity contribution >= 4 is 29.7 Å².